The van der Waals surface area contributed by atoms with Crippen molar-refractivity contribution in [1.82, 2.24) is 38.9 Å². The molecule has 14 nitrogen and oxygen atoms in total. The molecule has 0 aliphatic heterocycles. The molecule has 4 atom stereocenters. The number of nitrogens with one attached hydrogen (secondary N) is 3. The fourth-order valence-corrected chi connectivity index (χ4v) is 8.22. The SMILES string of the molecule is CC(C)(C)[C@@H](CC(O)C(F)(F)F)Nc1nc(-c2c[nH]c3ncc(F)cc23)ncc1F.Cc1ccc(S(=O)(=O)n2cc(-c3ncc(F)c(N[C@H](CC(O)C(F)(F)F)C(C)(C)C)n3)c3cc(F)cnc32)cc1. The zero-order valence-electron chi connectivity index (χ0n) is 38.2. The number of aliphatic hydroxyl groups excluding tert-OH is 2. The number of nitrogens with zero attached hydrogens (tertiary/aromatic N) is 7. The molecule has 0 bridgehead atoms. The molecule has 1 aromatic carbocycles. The van der Waals surface area contributed by atoms with E-state index >= 15 is 0 Å². The van der Waals surface area contributed by atoms with E-state index in [1.54, 1.807) is 60.6 Å². The Balaban J connectivity index is 0.000000239. The molecule has 0 radical (unpaired) electrons. The largest absolute Gasteiger partial charge is 0.414 e. The molecular formula is C45H46F10N10O4S. The lowest BCUT2D eigenvalue weighted by Crippen LogP contribution is -2.42. The van der Waals surface area contributed by atoms with Crippen molar-refractivity contribution in [2.24, 2.45) is 10.8 Å². The Morgan fingerprint density at radius 2 is 1.11 bits per heavy atom. The highest BCUT2D eigenvalue weighted by Gasteiger charge is 2.43. The number of halogens is 10. The molecule has 25 heteroatoms. The molecule has 376 valence electrons. The van der Waals surface area contributed by atoms with Crippen LogP contribution >= 0.6 is 0 Å². The van der Waals surface area contributed by atoms with Crippen molar-refractivity contribution in [1.29, 1.82) is 0 Å². The summed E-state index contributed by atoms with van der Waals surface area (Å²) in [6, 6.07) is 6.19. The predicted molar refractivity (Wildman–Crippen MR) is 239 cm³/mol. The Morgan fingerprint density at radius 3 is 1.59 bits per heavy atom. The first kappa shape index (κ1) is 52.9. The summed E-state index contributed by atoms with van der Waals surface area (Å²) in [6.45, 7) is 11.6. The van der Waals surface area contributed by atoms with Crippen LogP contribution in [0.2, 0.25) is 0 Å². The molecule has 0 spiro atoms. The van der Waals surface area contributed by atoms with Crippen molar-refractivity contribution in [2.75, 3.05) is 10.6 Å². The van der Waals surface area contributed by atoms with Gasteiger partial charge in [0.15, 0.2) is 52.8 Å². The highest BCUT2D eigenvalue weighted by atomic mass is 32.2. The van der Waals surface area contributed by atoms with E-state index in [0.717, 1.165) is 46.6 Å². The average Bonchev–Trinajstić information content (AvgIpc) is 3.85. The number of rotatable bonds is 12. The molecule has 0 aliphatic carbocycles. The molecule has 2 unspecified atom stereocenters. The van der Waals surface area contributed by atoms with Crippen molar-refractivity contribution in [2.45, 2.75) is 103 Å². The smallest absolute Gasteiger partial charge is 0.384 e. The number of H-pyrrole nitrogens is 1. The second-order valence-electron chi connectivity index (χ2n) is 18.4. The zero-order chi connectivity index (χ0) is 51.9. The van der Waals surface area contributed by atoms with Gasteiger partial charge in [-0.3, -0.25) is 0 Å². The first-order valence-electron chi connectivity index (χ1n) is 21.0. The molecule has 7 rings (SSSR count). The van der Waals surface area contributed by atoms with Crippen molar-refractivity contribution < 1.29 is 62.5 Å². The van der Waals surface area contributed by atoms with E-state index in [2.05, 4.69) is 45.5 Å². The molecule has 0 amide bonds. The van der Waals surface area contributed by atoms with Gasteiger partial charge in [0.2, 0.25) is 0 Å². The topological polar surface area (TPSA) is 197 Å². The third-order valence-electron chi connectivity index (χ3n) is 11.0. The van der Waals surface area contributed by atoms with Crippen LogP contribution in [0.25, 0.3) is 44.8 Å². The van der Waals surface area contributed by atoms with Crippen LogP contribution in [0, 0.1) is 41.0 Å². The van der Waals surface area contributed by atoms with E-state index in [1.165, 1.54) is 24.4 Å². The minimum absolute atomic E-state index is 0.00751. The van der Waals surface area contributed by atoms with E-state index < -0.39 is 99.4 Å². The Labute approximate surface area is 393 Å². The van der Waals surface area contributed by atoms with Gasteiger partial charge in [0, 0.05) is 59.2 Å². The number of hydrogen-bond donors (Lipinski definition) is 5. The summed E-state index contributed by atoms with van der Waals surface area (Å²) < 4.78 is 162. The minimum Gasteiger partial charge on any atom is -0.384 e. The predicted octanol–water partition coefficient (Wildman–Crippen LogP) is 9.89. The van der Waals surface area contributed by atoms with E-state index in [9.17, 15) is 62.5 Å². The zero-order valence-corrected chi connectivity index (χ0v) is 39.0. The van der Waals surface area contributed by atoms with E-state index in [-0.39, 0.29) is 39.0 Å². The van der Waals surface area contributed by atoms with Gasteiger partial charge in [-0.05, 0) is 42.0 Å². The average molecular weight is 1010 g/mol. The molecule has 0 fully saturated rings. The molecule has 5 N–H and O–H groups in total. The monoisotopic (exact) mass is 1010 g/mol. The van der Waals surface area contributed by atoms with Gasteiger partial charge in [0.05, 0.1) is 29.7 Å². The van der Waals surface area contributed by atoms with Gasteiger partial charge in [0.25, 0.3) is 10.0 Å². The maximum Gasteiger partial charge on any atom is 0.414 e. The van der Waals surface area contributed by atoms with Gasteiger partial charge in [0.1, 0.15) is 17.3 Å². The summed E-state index contributed by atoms with van der Waals surface area (Å²) in [5, 5.41) is 24.8. The molecule has 7 aromatic rings. The highest BCUT2D eigenvalue weighted by Crippen LogP contribution is 2.36. The van der Waals surface area contributed by atoms with Gasteiger partial charge in [-0.1, -0.05) is 59.2 Å². The Hall–Kier alpha value is -6.47. The molecular weight excluding hydrogens is 967 g/mol. The second kappa shape index (κ2) is 19.7. The minimum atomic E-state index is -4.89. The van der Waals surface area contributed by atoms with Gasteiger partial charge in [-0.15, -0.1) is 0 Å². The number of alkyl halides is 6. The number of fused-ring (bicyclic) bond motifs is 2. The van der Waals surface area contributed by atoms with E-state index in [0.29, 0.717) is 16.6 Å². The van der Waals surface area contributed by atoms with Crippen LogP contribution in [-0.2, 0) is 10.0 Å². The second-order valence-corrected chi connectivity index (χ2v) is 20.2. The number of aliphatic hydroxyl groups is 2. The third kappa shape index (κ3) is 12.1. The van der Waals surface area contributed by atoms with Gasteiger partial charge in [-0.25, -0.2) is 59.9 Å². The van der Waals surface area contributed by atoms with Crippen molar-refractivity contribution in [3.8, 4) is 22.8 Å². The standard InChI is InChI=1S/C26H26F5N5O3S.C19H20F5N5O/c1-14-5-7-16(8-6-14)40(38,39)36-13-18(17-9-15(27)11-33-24(17)36)22-32-12-19(28)23(35-22)34-20(25(2,3)4)10-21(37)26(29,30)31;1-18(2,3)13(5-14(30)19(22,23)24)28-17-12(21)8-27-16(29-17)11-7-26-15-10(11)4-9(20)6-25-15/h5-9,11-13,20-21,37H,10H2,1-4H3,(H,32,34,35);4,6-8,13-14,30H,5H2,1-3H3,(H,25,26)(H,27,28,29)/t20-,21?;13-,14?/m11/s1. The van der Waals surface area contributed by atoms with Crippen LogP contribution in [0.15, 0.2) is 78.5 Å². The molecule has 0 saturated carbocycles. The number of aromatic nitrogens is 8. The van der Waals surface area contributed by atoms with Crippen LogP contribution in [0.1, 0.15) is 59.9 Å². The molecule has 70 heavy (non-hydrogen) atoms. The number of aromatic amines is 1. The molecule has 0 aliphatic rings. The maximum absolute atomic E-state index is 14.8. The number of benzene rings is 1. The lowest BCUT2D eigenvalue weighted by Gasteiger charge is -2.34. The lowest BCUT2D eigenvalue weighted by molar-refractivity contribution is -0.207. The van der Waals surface area contributed by atoms with Crippen molar-refractivity contribution in [3.05, 3.63) is 102 Å². The Morgan fingerprint density at radius 1 is 0.657 bits per heavy atom. The molecule has 0 saturated heterocycles. The third-order valence-corrected chi connectivity index (χ3v) is 12.7. The summed E-state index contributed by atoms with van der Waals surface area (Å²) in [5.74, 6) is -4.26. The number of aryl methyl sites for hydroxylation is 1. The normalized spacial score (nSPS) is 14.5. The van der Waals surface area contributed by atoms with Gasteiger partial charge < -0.3 is 25.8 Å². The van der Waals surface area contributed by atoms with Crippen LogP contribution < -0.4 is 10.6 Å². The van der Waals surface area contributed by atoms with Gasteiger partial charge >= 0.3 is 12.4 Å². The number of anilines is 2. The van der Waals surface area contributed by atoms with Crippen LogP contribution in [0.5, 0.6) is 0 Å². The maximum atomic E-state index is 14.8. The summed E-state index contributed by atoms with van der Waals surface area (Å²) in [4.78, 5) is 26.6. The van der Waals surface area contributed by atoms with Crippen molar-refractivity contribution >= 4 is 43.7 Å². The first-order valence-corrected chi connectivity index (χ1v) is 22.5. The lowest BCUT2D eigenvalue weighted by atomic mass is 9.83. The van der Waals surface area contributed by atoms with Gasteiger partial charge in [-0.2, -0.15) is 26.3 Å². The summed E-state index contributed by atoms with van der Waals surface area (Å²) >= 11 is 0. The number of hydrogen-bond acceptors (Lipinski definition) is 12. The molecule has 6 aromatic heterocycles. The summed E-state index contributed by atoms with van der Waals surface area (Å²) in [5.41, 5.74) is -0.249. The van der Waals surface area contributed by atoms with E-state index in [1.807, 2.05) is 0 Å². The highest BCUT2D eigenvalue weighted by molar-refractivity contribution is 7.90. The van der Waals surface area contributed by atoms with Crippen LogP contribution in [-0.4, -0.2) is 94.1 Å². The summed E-state index contributed by atoms with van der Waals surface area (Å²) in [6.07, 6.45) is -10.3. The Bertz CT molecular complexity index is 3100. The quantitative estimate of drug-likeness (QED) is 0.0728. The molecule has 6 heterocycles. The Kier molecular flexibility index (Phi) is 14.9. The first-order chi connectivity index (χ1) is 32.3. The number of pyridine rings is 2. The van der Waals surface area contributed by atoms with E-state index in [4.69, 9.17) is 0 Å². The van der Waals surface area contributed by atoms with Crippen LogP contribution in [0.4, 0.5) is 55.5 Å². The fourth-order valence-electron chi connectivity index (χ4n) is 6.90. The van der Waals surface area contributed by atoms with Crippen LogP contribution in [0.3, 0.4) is 0 Å². The fraction of sp³-hybridized carbons (Fsp3) is 0.378. The summed E-state index contributed by atoms with van der Waals surface area (Å²) in [7, 11) is -4.21. The van der Waals surface area contributed by atoms with Crippen molar-refractivity contribution in [3.63, 3.8) is 0 Å².